The molecule has 0 amide bonds. The molecule has 0 aromatic carbocycles. The van der Waals surface area contributed by atoms with Gasteiger partial charge in [0.05, 0.1) is 12.9 Å². The van der Waals surface area contributed by atoms with Gasteiger partial charge in [-0.05, 0) is 57.2 Å². The van der Waals surface area contributed by atoms with Crippen molar-refractivity contribution in [1.82, 2.24) is 24.8 Å². The second kappa shape index (κ2) is 12.6. The van der Waals surface area contributed by atoms with Crippen LogP contribution in [0.5, 0.6) is 0 Å². The highest BCUT2D eigenvalue weighted by Crippen LogP contribution is 2.20. The van der Waals surface area contributed by atoms with Crippen LogP contribution >= 0.6 is 0 Å². The Kier molecular flexibility index (Phi) is 9.01. The van der Waals surface area contributed by atoms with E-state index in [4.69, 9.17) is 9.72 Å². The maximum atomic E-state index is 12.4. The number of unbranched alkanes of at least 4 members (excludes halogenated alkanes) is 1. The Hall–Kier alpha value is -3.31. The lowest BCUT2D eigenvalue weighted by Crippen LogP contribution is -2.41. The molecule has 1 aliphatic heterocycles. The Morgan fingerprint density at radius 1 is 1.28 bits per heavy atom. The minimum atomic E-state index is -0.469. The van der Waals surface area contributed by atoms with E-state index in [1.54, 1.807) is 14.0 Å². The second-order valence-electron chi connectivity index (χ2n) is 9.27. The molecule has 1 atom stereocenters. The van der Waals surface area contributed by atoms with Crippen molar-refractivity contribution in [3.63, 3.8) is 0 Å². The van der Waals surface area contributed by atoms with Crippen LogP contribution in [0.1, 0.15) is 43.9 Å². The highest BCUT2D eigenvalue weighted by molar-refractivity contribution is 5.87. The predicted octanol–water partition coefficient (Wildman–Crippen LogP) is 1.97. The van der Waals surface area contributed by atoms with Crippen molar-refractivity contribution in [1.29, 1.82) is 0 Å². The van der Waals surface area contributed by atoms with Crippen LogP contribution in [0.15, 0.2) is 24.8 Å². The average Bonchev–Trinajstić information content (AvgIpc) is 3.37. The number of aromatic nitrogens is 5. The number of H-pyrrole nitrogens is 1. The van der Waals surface area contributed by atoms with Crippen LogP contribution in [-0.2, 0) is 22.4 Å². The zero-order chi connectivity index (χ0) is 25.3. The third-order valence-electron chi connectivity index (χ3n) is 6.63. The topological polar surface area (TPSA) is 132 Å². The van der Waals surface area contributed by atoms with Crippen LogP contribution < -0.4 is 15.4 Å². The Labute approximate surface area is 211 Å². The molecule has 0 spiro atoms. The summed E-state index contributed by atoms with van der Waals surface area (Å²) in [6.45, 7) is 5.62. The predicted molar refractivity (Wildman–Crippen MR) is 136 cm³/mol. The van der Waals surface area contributed by atoms with Gasteiger partial charge in [0.25, 0.3) is 12.1 Å². The molecule has 194 valence electrons. The fourth-order valence-corrected chi connectivity index (χ4v) is 4.53. The Balaban J connectivity index is 1.30. The monoisotopic (exact) mass is 497 g/mol. The first kappa shape index (κ1) is 25.8. The molecule has 1 aliphatic rings. The van der Waals surface area contributed by atoms with Crippen molar-refractivity contribution in [2.45, 2.75) is 51.5 Å². The molecule has 36 heavy (non-hydrogen) atoms. The number of fused-ring (bicyclic) bond motifs is 2. The molecular formula is C25H37N8O3+. The Morgan fingerprint density at radius 3 is 3.00 bits per heavy atom. The van der Waals surface area contributed by atoms with Crippen molar-refractivity contribution in [2.24, 2.45) is 0 Å². The molecule has 4 heterocycles. The smallest absolute Gasteiger partial charge is 0.291 e. The SMILES string of the molecule is COCCN(CCCCc1ccc2c(n1)NCCC2)CC[C@H](Nc1c2nc[nH]c2nc[n+]1O)C(C)=O. The number of Topliss-reactive ketones (excluding diaryl/α,β-unsaturated/α-hetero) is 1. The molecule has 11 heteroatoms. The van der Waals surface area contributed by atoms with E-state index in [2.05, 4.69) is 42.6 Å². The number of carbonyl (C=O) groups excluding carboxylic acids is 1. The number of carbonyl (C=O) groups is 1. The van der Waals surface area contributed by atoms with Crippen LogP contribution in [0.4, 0.5) is 11.6 Å². The summed E-state index contributed by atoms with van der Waals surface area (Å²) >= 11 is 0. The van der Waals surface area contributed by atoms with Gasteiger partial charge in [0.1, 0.15) is 11.9 Å². The summed E-state index contributed by atoms with van der Waals surface area (Å²) in [7, 11) is 1.70. The van der Waals surface area contributed by atoms with E-state index in [1.165, 1.54) is 24.6 Å². The van der Waals surface area contributed by atoms with Gasteiger partial charge in [-0.15, -0.1) is 0 Å². The van der Waals surface area contributed by atoms with Crippen LogP contribution in [0, 0.1) is 0 Å². The van der Waals surface area contributed by atoms with E-state index < -0.39 is 6.04 Å². The van der Waals surface area contributed by atoms with Gasteiger partial charge < -0.3 is 25.1 Å². The minimum Gasteiger partial charge on any atom is -0.383 e. The third kappa shape index (κ3) is 6.67. The van der Waals surface area contributed by atoms with E-state index in [0.717, 1.165) is 68.1 Å². The van der Waals surface area contributed by atoms with Crippen LogP contribution in [0.2, 0.25) is 0 Å². The fourth-order valence-electron chi connectivity index (χ4n) is 4.53. The van der Waals surface area contributed by atoms with Crippen molar-refractivity contribution in [3.05, 3.63) is 36.0 Å². The number of rotatable bonds is 14. The number of ether oxygens (including phenoxy) is 1. The first-order valence-electron chi connectivity index (χ1n) is 12.7. The second-order valence-corrected chi connectivity index (χ2v) is 9.27. The minimum absolute atomic E-state index is 0.00529. The molecule has 0 saturated heterocycles. The molecule has 0 radical (unpaired) electrons. The highest BCUT2D eigenvalue weighted by atomic mass is 16.5. The summed E-state index contributed by atoms with van der Waals surface area (Å²) < 4.78 is 6.18. The number of anilines is 2. The van der Waals surface area contributed by atoms with E-state index in [0.29, 0.717) is 30.0 Å². The quantitative estimate of drug-likeness (QED) is 0.150. The highest BCUT2D eigenvalue weighted by Gasteiger charge is 2.25. The number of hydrogen-bond donors (Lipinski definition) is 4. The number of hydrogen-bond acceptors (Lipinski definition) is 9. The van der Waals surface area contributed by atoms with Crippen molar-refractivity contribution >= 4 is 28.6 Å². The molecule has 0 fully saturated rings. The van der Waals surface area contributed by atoms with Crippen LogP contribution in [0.3, 0.4) is 0 Å². The Morgan fingerprint density at radius 2 is 2.17 bits per heavy atom. The molecule has 4 rings (SSSR count). The van der Waals surface area contributed by atoms with Gasteiger partial charge in [0, 0.05) is 38.9 Å². The molecule has 0 bridgehead atoms. The van der Waals surface area contributed by atoms with E-state index in [-0.39, 0.29) is 5.78 Å². The number of aromatic amines is 1. The summed E-state index contributed by atoms with van der Waals surface area (Å²) in [6.07, 6.45) is 8.67. The first-order chi connectivity index (χ1) is 17.5. The van der Waals surface area contributed by atoms with Gasteiger partial charge in [-0.25, -0.2) is 9.97 Å². The van der Waals surface area contributed by atoms with Crippen LogP contribution in [-0.4, -0.2) is 81.8 Å². The molecule has 4 N–H and O–H groups in total. The molecule has 3 aromatic rings. The number of pyridine rings is 1. The van der Waals surface area contributed by atoms with E-state index in [1.807, 2.05) is 0 Å². The molecule has 3 aromatic heterocycles. The third-order valence-corrected chi connectivity index (χ3v) is 6.63. The molecule has 0 unspecified atom stereocenters. The lowest BCUT2D eigenvalue weighted by molar-refractivity contribution is -0.894. The Bertz CT molecular complexity index is 1150. The average molecular weight is 498 g/mol. The zero-order valence-electron chi connectivity index (χ0n) is 21.2. The largest absolute Gasteiger partial charge is 0.383 e. The van der Waals surface area contributed by atoms with Gasteiger partial charge in [-0.2, -0.15) is 0 Å². The van der Waals surface area contributed by atoms with E-state index in [9.17, 15) is 10.0 Å². The normalized spacial score (nSPS) is 14.0. The van der Waals surface area contributed by atoms with Gasteiger partial charge in [0.2, 0.25) is 11.2 Å². The van der Waals surface area contributed by atoms with Gasteiger partial charge >= 0.3 is 0 Å². The molecule has 11 nitrogen and oxygen atoms in total. The van der Waals surface area contributed by atoms with Crippen molar-refractivity contribution in [3.8, 4) is 0 Å². The summed E-state index contributed by atoms with van der Waals surface area (Å²) in [5, 5.41) is 16.8. The van der Waals surface area contributed by atoms with E-state index >= 15 is 0 Å². The molecule has 0 saturated carbocycles. The lowest BCUT2D eigenvalue weighted by atomic mass is 10.1. The zero-order valence-corrected chi connectivity index (χ0v) is 21.2. The fraction of sp³-hybridized carbons (Fsp3) is 0.560. The summed E-state index contributed by atoms with van der Waals surface area (Å²) in [6, 6.07) is 3.89. The number of nitrogens with zero attached hydrogens (tertiary/aromatic N) is 5. The number of ketones is 1. The summed E-state index contributed by atoms with van der Waals surface area (Å²) in [5.74, 6) is 1.39. The first-order valence-corrected chi connectivity index (χ1v) is 12.7. The number of imidazole rings is 1. The summed E-state index contributed by atoms with van der Waals surface area (Å²) in [5.41, 5.74) is 3.46. The van der Waals surface area contributed by atoms with Crippen molar-refractivity contribution in [2.75, 3.05) is 50.5 Å². The van der Waals surface area contributed by atoms with Gasteiger partial charge in [-0.3, -0.25) is 10.1 Å². The number of nitrogens with one attached hydrogen (secondary N) is 3. The number of methoxy groups -OCH3 is 1. The standard InChI is InChI=1S/C25H36N8O3/c1-18(34)21(31-25-22-24(28-16-27-22)29-17-33(25)35)10-13-32(14-15-36-2)12-4-3-7-20-9-8-19-6-5-11-26-23(19)30-20/h8-9,16-17,21,35H,3-7,10-15H2,1-2H3,(H2,26,27,28,30,31)/p+1/t21-/m0/s1. The van der Waals surface area contributed by atoms with Crippen LogP contribution in [0.25, 0.3) is 11.2 Å². The maximum Gasteiger partial charge on any atom is 0.291 e. The maximum absolute atomic E-state index is 12.4. The van der Waals surface area contributed by atoms with Gasteiger partial charge in [-0.1, -0.05) is 15.8 Å². The number of aryl methyl sites for hydroxylation is 2. The lowest BCUT2D eigenvalue weighted by Gasteiger charge is -2.24. The van der Waals surface area contributed by atoms with Crippen molar-refractivity contribution < 1.29 is 19.5 Å². The van der Waals surface area contributed by atoms with Gasteiger partial charge in [0.15, 0.2) is 5.78 Å². The molecular weight excluding hydrogens is 460 g/mol. The summed E-state index contributed by atoms with van der Waals surface area (Å²) in [4.78, 5) is 30.8. The molecule has 0 aliphatic carbocycles.